The number of hydrogen-bond acceptors (Lipinski definition) is 4. The van der Waals surface area contributed by atoms with Gasteiger partial charge >= 0.3 is 0 Å². The summed E-state index contributed by atoms with van der Waals surface area (Å²) in [5, 5.41) is 0. The monoisotopic (exact) mass is 251 g/mol. The Hall–Kier alpha value is -2.04. The highest BCUT2D eigenvalue weighted by molar-refractivity contribution is 5.83. The fourth-order valence-corrected chi connectivity index (χ4v) is 1.58. The number of nitrogens with two attached hydrogens (primary N) is 1. The predicted molar refractivity (Wildman–Crippen MR) is 66.9 cm³/mol. The van der Waals surface area contributed by atoms with Gasteiger partial charge in [0.15, 0.2) is 23.9 Å². The summed E-state index contributed by atoms with van der Waals surface area (Å²) in [5.41, 5.74) is 5.59. The third-order valence-corrected chi connectivity index (χ3v) is 2.48. The van der Waals surface area contributed by atoms with Crippen molar-refractivity contribution >= 4 is 12.2 Å². The smallest absolute Gasteiger partial charge is 0.258 e. The van der Waals surface area contributed by atoms with E-state index in [-0.39, 0.29) is 5.75 Å². The number of hydrogen-bond donors (Lipinski definition) is 1. The summed E-state index contributed by atoms with van der Waals surface area (Å²) in [6, 6.07) is 4.93. The highest BCUT2D eigenvalue weighted by Gasteiger charge is 2.20. The Balaban J connectivity index is 3.06. The van der Waals surface area contributed by atoms with Crippen LogP contribution in [0.5, 0.6) is 11.5 Å². The van der Waals surface area contributed by atoms with Crippen molar-refractivity contribution in [2.45, 2.75) is 25.9 Å². The first-order valence-electron chi connectivity index (χ1n) is 5.72. The van der Waals surface area contributed by atoms with Crippen molar-refractivity contribution in [2.75, 3.05) is 7.11 Å². The number of primary amides is 1. The van der Waals surface area contributed by atoms with Gasteiger partial charge in [0.2, 0.25) is 0 Å². The minimum absolute atomic E-state index is 0.257. The first kappa shape index (κ1) is 14.0. The molecule has 5 heteroatoms. The maximum absolute atomic E-state index is 11.3. The molecule has 0 aliphatic heterocycles. The first-order valence-corrected chi connectivity index (χ1v) is 5.72. The van der Waals surface area contributed by atoms with E-state index >= 15 is 0 Å². The Labute approximate surface area is 106 Å². The zero-order valence-electron chi connectivity index (χ0n) is 10.5. The van der Waals surface area contributed by atoms with Crippen LogP contribution in [-0.4, -0.2) is 25.4 Å². The fourth-order valence-electron chi connectivity index (χ4n) is 1.58. The Kier molecular flexibility index (Phi) is 5.17. The first-order chi connectivity index (χ1) is 8.63. The van der Waals surface area contributed by atoms with E-state index < -0.39 is 12.0 Å². The third-order valence-electron chi connectivity index (χ3n) is 2.48. The molecular formula is C13H17NO4. The number of benzene rings is 1. The molecule has 5 nitrogen and oxygen atoms in total. The van der Waals surface area contributed by atoms with Crippen LogP contribution in [0.15, 0.2) is 18.2 Å². The highest BCUT2D eigenvalue weighted by atomic mass is 16.5. The molecule has 0 aliphatic carbocycles. The number of ether oxygens (including phenoxy) is 2. The zero-order chi connectivity index (χ0) is 13.5. The summed E-state index contributed by atoms with van der Waals surface area (Å²) in [7, 11) is 1.47. The van der Waals surface area contributed by atoms with Crippen LogP contribution in [0, 0.1) is 0 Å². The van der Waals surface area contributed by atoms with Crippen LogP contribution in [-0.2, 0) is 4.79 Å². The van der Waals surface area contributed by atoms with E-state index in [1.165, 1.54) is 7.11 Å². The summed E-state index contributed by atoms with van der Waals surface area (Å²) in [6.07, 6.45) is 1.14. The predicted octanol–water partition coefficient (Wildman–Crippen LogP) is 1.54. The minimum atomic E-state index is -0.759. The average molecular weight is 251 g/mol. The normalized spacial score (nSPS) is 11.7. The second-order valence-electron chi connectivity index (χ2n) is 3.79. The van der Waals surface area contributed by atoms with Gasteiger partial charge in [-0.1, -0.05) is 19.4 Å². The highest BCUT2D eigenvalue weighted by Crippen LogP contribution is 2.31. The second-order valence-corrected chi connectivity index (χ2v) is 3.79. The maximum atomic E-state index is 11.3. The molecule has 1 aromatic rings. The van der Waals surface area contributed by atoms with E-state index in [1.54, 1.807) is 18.2 Å². The molecule has 0 spiro atoms. The van der Waals surface area contributed by atoms with Crippen LogP contribution in [0.4, 0.5) is 0 Å². The van der Waals surface area contributed by atoms with Gasteiger partial charge in [-0.2, -0.15) is 0 Å². The van der Waals surface area contributed by atoms with E-state index in [2.05, 4.69) is 0 Å². The fraction of sp³-hybridized carbons (Fsp3) is 0.385. The lowest BCUT2D eigenvalue weighted by Gasteiger charge is -2.18. The Bertz CT molecular complexity index is 431. The van der Waals surface area contributed by atoms with Gasteiger partial charge in [0.05, 0.1) is 12.7 Å². The quantitative estimate of drug-likeness (QED) is 0.745. The number of rotatable bonds is 7. The van der Waals surface area contributed by atoms with Crippen molar-refractivity contribution in [3.63, 3.8) is 0 Å². The molecule has 0 aliphatic rings. The Morgan fingerprint density at radius 2 is 2.22 bits per heavy atom. The van der Waals surface area contributed by atoms with Gasteiger partial charge in [-0.3, -0.25) is 9.59 Å². The van der Waals surface area contributed by atoms with Crippen molar-refractivity contribution < 1.29 is 19.1 Å². The van der Waals surface area contributed by atoms with Crippen molar-refractivity contribution in [3.05, 3.63) is 23.8 Å². The van der Waals surface area contributed by atoms with Crippen LogP contribution in [0.1, 0.15) is 30.1 Å². The Morgan fingerprint density at radius 1 is 1.50 bits per heavy atom. The third kappa shape index (κ3) is 3.23. The molecular weight excluding hydrogens is 234 g/mol. The topological polar surface area (TPSA) is 78.6 Å². The molecule has 0 saturated heterocycles. The molecule has 1 atom stereocenters. The SMILES string of the molecule is CCCC(Oc1c(C=O)cccc1OC)C(N)=O. The second kappa shape index (κ2) is 6.64. The van der Waals surface area contributed by atoms with Gasteiger partial charge in [0, 0.05) is 0 Å². The van der Waals surface area contributed by atoms with E-state index in [1.807, 2.05) is 6.92 Å². The molecule has 0 saturated carbocycles. The number of carbonyl (C=O) groups excluding carboxylic acids is 2. The number of carbonyl (C=O) groups is 2. The van der Waals surface area contributed by atoms with E-state index in [0.717, 1.165) is 6.42 Å². The van der Waals surface area contributed by atoms with Crippen LogP contribution >= 0.6 is 0 Å². The summed E-state index contributed by atoms with van der Waals surface area (Å²) < 4.78 is 10.6. The summed E-state index contributed by atoms with van der Waals surface area (Å²) in [5.74, 6) is 0.105. The summed E-state index contributed by atoms with van der Waals surface area (Å²) >= 11 is 0. The lowest BCUT2D eigenvalue weighted by molar-refractivity contribution is -0.125. The zero-order valence-corrected chi connectivity index (χ0v) is 10.5. The standard InChI is InChI=1S/C13H17NO4/c1-3-5-11(13(14)16)18-12-9(8-15)6-4-7-10(12)17-2/h4,6-8,11H,3,5H2,1-2H3,(H2,14,16). The number of aldehydes is 1. The van der Waals surface area contributed by atoms with Crippen LogP contribution in [0.3, 0.4) is 0 Å². The minimum Gasteiger partial charge on any atom is -0.493 e. The molecule has 2 N–H and O–H groups in total. The molecule has 18 heavy (non-hydrogen) atoms. The number of methoxy groups -OCH3 is 1. The average Bonchev–Trinajstić information content (AvgIpc) is 2.38. The largest absolute Gasteiger partial charge is 0.493 e. The van der Waals surface area contributed by atoms with Crippen molar-refractivity contribution in [1.29, 1.82) is 0 Å². The molecule has 1 amide bonds. The molecule has 98 valence electrons. The van der Waals surface area contributed by atoms with E-state index in [4.69, 9.17) is 15.2 Å². The van der Waals surface area contributed by atoms with E-state index in [9.17, 15) is 9.59 Å². The number of para-hydroxylation sites is 1. The molecule has 1 unspecified atom stereocenters. The summed E-state index contributed by atoms with van der Waals surface area (Å²) in [6.45, 7) is 1.92. The van der Waals surface area contributed by atoms with E-state index in [0.29, 0.717) is 24.0 Å². The lowest BCUT2D eigenvalue weighted by atomic mass is 10.1. The maximum Gasteiger partial charge on any atom is 0.258 e. The molecule has 1 aromatic carbocycles. The van der Waals surface area contributed by atoms with Crippen molar-refractivity contribution in [3.8, 4) is 11.5 Å². The molecule has 0 fully saturated rings. The van der Waals surface area contributed by atoms with Crippen molar-refractivity contribution in [1.82, 2.24) is 0 Å². The molecule has 0 radical (unpaired) electrons. The molecule has 1 rings (SSSR count). The van der Waals surface area contributed by atoms with Gasteiger partial charge in [0.25, 0.3) is 5.91 Å². The van der Waals surface area contributed by atoms with Crippen LogP contribution in [0.2, 0.25) is 0 Å². The summed E-state index contributed by atoms with van der Waals surface area (Å²) in [4.78, 5) is 22.2. The molecule has 0 heterocycles. The Morgan fingerprint density at radius 3 is 2.72 bits per heavy atom. The van der Waals surface area contributed by atoms with Crippen LogP contribution in [0.25, 0.3) is 0 Å². The molecule has 0 aromatic heterocycles. The van der Waals surface area contributed by atoms with Crippen molar-refractivity contribution in [2.24, 2.45) is 5.73 Å². The number of amides is 1. The van der Waals surface area contributed by atoms with Gasteiger partial charge in [-0.25, -0.2) is 0 Å². The lowest BCUT2D eigenvalue weighted by Crippen LogP contribution is -2.33. The van der Waals surface area contributed by atoms with Gasteiger partial charge in [-0.15, -0.1) is 0 Å². The molecule has 0 bridgehead atoms. The van der Waals surface area contributed by atoms with Crippen LogP contribution < -0.4 is 15.2 Å². The van der Waals surface area contributed by atoms with Gasteiger partial charge in [-0.05, 0) is 18.6 Å². The van der Waals surface area contributed by atoms with Gasteiger partial charge in [0.1, 0.15) is 0 Å². The van der Waals surface area contributed by atoms with Gasteiger partial charge < -0.3 is 15.2 Å².